The van der Waals surface area contributed by atoms with Crippen molar-refractivity contribution in [1.82, 2.24) is 0 Å². The average molecular weight is 473 g/mol. The molecule has 188 valence electrons. The number of aliphatic hydroxyl groups excluding tert-OH is 1. The molecule has 0 bridgehead atoms. The van der Waals surface area contributed by atoms with Crippen LogP contribution in [0.2, 0.25) is 0 Å². The molecule has 1 saturated heterocycles. The Kier molecular flexibility index (Phi) is 9.26. The minimum absolute atomic E-state index is 0.0331. The summed E-state index contributed by atoms with van der Waals surface area (Å²) in [5.74, 6) is 0.904. The van der Waals surface area contributed by atoms with Crippen molar-refractivity contribution in [3.05, 3.63) is 46.6 Å². The largest absolute Gasteiger partial charge is 0.508 e. The Morgan fingerprint density at radius 1 is 1.24 bits per heavy atom. The zero-order chi connectivity index (χ0) is 25.7. The SMILES string of the molecule is COc1c(C)cc(O)cc1C/C=C(\C)CC(=O)/C=C(\C)CCCC1(C)OC(C)(C)C(O)CC1=O. The highest BCUT2D eigenvalue weighted by Crippen LogP contribution is 2.36. The number of rotatable bonds is 10. The first-order valence-corrected chi connectivity index (χ1v) is 11.9. The van der Waals surface area contributed by atoms with Crippen LogP contribution in [0, 0.1) is 6.92 Å². The molecule has 1 aromatic carbocycles. The van der Waals surface area contributed by atoms with Crippen molar-refractivity contribution in [2.75, 3.05) is 7.11 Å². The topological polar surface area (TPSA) is 93.1 Å². The lowest BCUT2D eigenvalue weighted by Gasteiger charge is -2.45. The number of carbonyl (C=O) groups excluding carboxylic acids is 2. The fraction of sp³-hybridized carbons (Fsp3) is 0.571. The van der Waals surface area contributed by atoms with E-state index in [1.807, 2.05) is 26.8 Å². The molecule has 0 radical (unpaired) electrons. The Labute approximate surface area is 203 Å². The highest BCUT2D eigenvalue weighted by Gasteiger charge is 2.48. The van der Waals surface area contributed by atoms with Gasteiger partial charge in [0.05, 0.1) is 18.8 Å². The molecule has 2 atom stereocenters. The lowest BCUT2D eigenvalue weighted by molar-refractivity contribution is -0.211. The van der Waals surface area contributed by atoms with Gasteiger partial charge in [0.2, 0.25) is 0 Å². The van der Waals surface area contributed by atoms with Crippen LogP contribution in [0.1, 0.15) is 77.8 Å². The average Bonchev–Trinajstić information content (AvgIpc) is 2.70. The summed E-state index contributed by atoms with van der Waals surface area (Å²) in [6, 6.07) is 3.35. The number of aryl methyl sites for hydroxylation is 1. The Hall–Kier alpha value is -2.44. The van der Waals surface area contributed by atoms with Gasteiger partial charge in [-0.1, -0.05) is 17.2 Å². The number of allylic oxidation sites excluding steroid dienone is 4. The third-order valence-corrected chi connectivity index (χ3v) is 6.56. The number of ether oxygens (including phenoxy) is 2. The lowest BCUT2D eigenvalue weighted by atomic mass is 9.81. The first-order valence-electron chi connectivity index (χ1n) is 11.9. The van der Waals surface area contributed by atoms with Gasteiger partial charge < -0.3 is 19.7 Å². The maximum atomic E-state index is 12.5. The van der Waals surface area contributed by atoms with Crippen molar-refractivity contribution in [3.8, 4) is 11.5 Å². The van der Waals surface area contributed by atoms with E-state index < -0.39 is 17.3 Å². The molecule has 0 aromatic heterocycles. The fourth-order valence-electron chi connectivity index (χ4n) is 4.54. The number of aromatic hydroxyl groups is 1. The van der Waals surface area contributed by atoms with E-state index in [-0.39, 0.29) is 23.7 Å². The normalized spacial score (nSPS) is 23.2. The highest BCUT2D eigenvalue weighted by molar-refractivity contribution is 5.92. The van der Waals surface area contributed by atoms with E-state index in [0.717, 1.165) is 34.4 Å². The van der Waals surface area contributed by atoms with Crippen molar-refractivity contribution < 1.29 is 29.3 Å². The van der Waals surface area contributed by atoms with Crippen LogP contribution in [0.4, 0.5) is 0 Å². The number of carbonyl (C=O) groups is 2. The second-order valence-electron chi connectivity index (χ2n) is 10.3. The Morgan fingerprint density at radius 2 is 1.91 bits per heavy atom. The maximum absolute atomic E-state index is 12.5. The Balaban J connectivity index is 1.89. The van der Waals surface area contributed by atoms with Crippen LogP contribution < -0.4 is 4.74 Å². The maximum Gasteiger partial charge on any atom is 0.167 e. The van der Waals surface area contributed by atoms with Gasteiger partial charge in [0.25, 0.3) is 0 Å². The number of phenols is 1. The van der Waals surface area contributed by atoms with E-state index in [1.54, 1.807) is 46.1 Å². The number of hydrogen-bond acceptors (Lipinski definition) is 6. The van der Waals surface area contributed by atoms with Crippen LogP contribution in [0.15, 0.2) is 35.4 Å². The predicted molar refractivity (Wildman–Crippen MR) is 133 cm³/mol. The third-order valence-electron chi connectivity index (χ3n) is 6.56. The van der Waals surface area contributed by atoms with Gasteiger partial charge in [0, 0.05) is 18.4 Å². The Bertz CT molecular complexity index is 971. The van der Waals surface area contributed by atoms with E-state index in [1.165, 1.54) is 0 Å². The molecule has 2 N–H and O–H groups in total. The molecule has 2 rings (SSSR count). The molecular weight excluding hydrogens is 432 g/mol. The standard InChI is InChI=1S/C28H40O6/c1-18(9-8-12-28(6)25(32)17-24(31)27(4,5)34-28)13-22(29)14-19(2)10-11-21-16-23(30)15-20(3)26(21)33-7/h10,13,15-16,24,30-31H,8-9,11-12,14,17H2,1-7H3/b18-13+,19-10+. The van der Waals surface area contributed by atoms with Gasteiger partial charge in [-0.15, -0.1) is 0 Å². The number of phenolic OH excluding ortho intramolecular Hbond substituents is 1. The van der Waals surface area contributed by atoms with E-state index in [0.29, 0.717) is 25.7 Å². The first kappa shape index (κ1) is 27.8. The van der Waals surface area contributed by atoms with Crippen molar-refractivity contribution in [2.24, 2.45) is 0 Å². The van der Waals surface area contributed by atoms with Crippen LogP contribution in [-0.4, -0.2) is 46.2 Å². The van der Waals surface area contributed by atoms with Crippen LogP contribution in [0.3, 0.4) is 0 Å². The molecular formula is C28H40O6. The molecule has 1 aliphatic rings. The van der Waals surface area contributed by atoms with Crippen molar-refractivity contribution in [1.29, 1.82) is 0 Å². The summed E-state index contributed by atoms with van der Waals surface area (Å²) in [6.45, 7) is 11.1. The summed E-state index contributed by atoms with van der Waals surface area (Å²) in [5, 5.41) is 19.9. The molecule has 1 heterocycles. The predicted octanol–water partition coefficient (Wildman–Crippen LogP) is 5.16. The van der Waals surface area contributed by atoms with Gasteiger partial charge in [0.15, 0.2) is 11.6 Å². The molecule has 2 unspecified atom stereocenters. The number of benzene rings is 1. The number of hydrogen-bond donors (Lipinski definition) is 2. The van der Waals surface area contributed by atoms with E-state index in [9.17, 15) is 19.8 Å². The summed E-state index contributed by atoms with van der Waals surface area (Å²) in [5.41, 5.74) is 2.00. The van der Waals surface area contributed by atoms with Crippen LogP contribution in [0.5, 0.6) is 11.5 Å². The zero-order valence-electron chi connectivity index (χ0n) is 21.7. The number of methoxy groups -OCH3 is 1. The smallest absolute Gasteiger partial charge is 0.167 e. The molecule has 34 heavy (non-hydrogen) atoms. The first-order chi connectivity index (χ1) is 15.8. The van der Waals surface area contributed by atoms with Gasteiger partial charge in [0.1, 0.15) is 17.1 Å². The zero-order valence-corrected chi connectivity index (χ0v) is 21.7. The van der Waals surface area contributed by atoms with Crippen LogP contribution in [0.25, 0.3) is 0 Å². The molecule has 1 fully saturated rings. The van der Waals surface area contributed by atoms with Crippen molar-refractivity contribution >= 4 is 11.6 Å². The van der Waals surface area contributed by atoms with Gasteiger partial charge in [-0.3, -0.25) is 9.59 Å². The van der Waals surface area contributed by atoms with E-state index in [2.05, 4.69) is 0 Å². The van der Waals surface area contributed by atoms with Crippen LogP contribution in [-0.2, 0) is 20.7 Å². The second kappa shape index (κ2) is 11.3. The summed E-state index contributed by atoms with van der Waals surface area (Å²) >= 11 is 0. The van der Waals surface area contributed by atoms with Crippen molar-refractivity contribution in [2.45, 2.75) is 97.4 Å². The van der Waals surface area contributed by atoms with Gasteiger partial charge in [-0.2, -0.15) is 0 Å². The monoisotopic (exact) mass is 472 g/mol. The highest BCUT2D eigenvalue weighted by atomic mass is 16.5. The molecule has 6 heteroatoms. The summed E-state index contributed by atoms with van der Waals surface area (Å²) in [6.07, 6.45) is 5.83. The van der Waals surface area contributed by atoms with Gasteiger partial charge in [-0.25, -0.2) is 0 Å². The third kappa shape index (κ3) is 7.28. The molecule has 6 nitrogen and oxygen atoms in total. The number of Topliss-reactive ketones (excluding diaryl/α,β-unsaturated/α-hetero) is 1. The summed E-state index contributed by atoms with van der Waals surface area (Å²) < 4.78 is 11.4. The minimum atomic E-state index is -0.905. The fourth-order valence-corrected chi connectivity index (χ4v) is 4.54. The summed E-state index contributed by atoms with van der Waals surface area (Å²) in [7, 11) is 1.61. The molecule has 0 aliphatic carbocycles. The van der Waals surface area contributed by atoms with Gasteiger partial charge >= 0.3 is 0 Å². The number of aliphatic hydroxyl groups is 1. The molecule has 0 amide bonds. The van der Waals surface area contributed by atoms with E-state index in [4.69, 9.17) is 9.47 Å². The second-order valence-corrected chi connectivity index (χ2v) is 10.3. The lowest BCUT2D eigenvalue weighted by Crippen LogP contribution is -2.57. The number of ketones is 2. The van der Waals surface area contributed by atoms with Crippen molar-refractivity contribution in [3.63, 3.8) is 0 Å². The minimum Gasteiger partial charge on any atom is -0.508 e. The molecule has 1 aromatic rings. The van der Waals surface area contributed by atoms with E-state index >= 15 is 0 Å². The Morgan fingerprint density at radius 3 is 2.56 bits per heavy atom. The molecule has 0 saturated carbocycles. The molecule has 1 aliphatic heterocycles. The summed E-state index contributed by atoms with van der Waals surface area (Å²) in [4.78, 5) is 25.0. The van der Waals surface area contributed by atoms with Gasteiger partial charge in [-0.05, 0) is 91.0 Å². The quantitative estimate of drug-likeness (QED) is 0.361. The van der Waals surface area contributed by atoms with Crippen LogP contribution >= 0.6 is 0 Å². The molecule has 0 spiro atoms.